The van der Waals surface area contributed by atoms with Gasteiger partial charge in [0.15, 0.2) is 0 Å². The molecule has 2 saturated carbocycles. The molecule has 0 aliphatic heterocycles. The highest BCUT2D eigenvalue weighted by molar-refractivity contribution is 4.94. The van der Waals surface area contributed by atoms with Gasteiger partial charge in [0.05, 0.1) is 5.60 Å². The molecular formula is C15H29NO. The maximum atomic E-state index is 9.68. The molecule has 2 bridgehead atoms. The first kappa shape index (κ1) is 13.4. The van der Waals surface area contributed by atoms with Gasteiger partial charge in [-0.05, 0) is 71.1 Å². The molecule has 2 N–H and O–H groups in total. The van der Waals surface area contributed by atoms with E-state index in [1.54, 1.807) is 0 Å². The van der Waals surface area contributed by atoms with Crippen LogP contribution in [-0.2, 0) is 0 Å². The fraction of sp³-hybridized carbons (Fsp3) is 1.00. The van der Waals surface area contributed by atoms with Gasteiger partial charge in [-0.2, -0.15) is 0 Å². The summed E-state index contributed by atoms with van der Waals surface area (Å²) >= 11 is 0. The molecule has 2 aliphatic carbocycles. The number of aliphatic hydroxyl groups is 1. The fourth-order valence-electron chi connectivity index (χ4n) is 3.74. The van der Waals surface area contributed by atoms with Gasteiger partial charge in [0.2, 0.25) is 0 Å². The minimum atomic E-state index is -0.494. The SMILES string of the molecule is C[C@H](CCCC(C)(C)O)N[C@@H]1C[C@@H]2CC[C@@H]1C2. The van der Waals surface area contributed by atoms with E-state index in [0.717, 1.165) is 30.7 Å². The Morgan fingerprint density at radius 1 is 1.29 bits per heavy atom. The van der Waals surface area contributed by atoms with Crippen LogP contribution in [-0.4, -0.2) is 22.8 Å². The topological polar surface area (TPSA) is 32.3 Å². The molecule has 17 heavy (non-hydrogen) atoms. The Hall–Kier alpha value is -0.0800. The first-order chi connectivity index (χ1) is 7.94. The zero-order valence-electron chi connectivity index (χ0n) is 11.7. The van der Waals surface area contributed by atoms with E-state index in [4.69, 9.17) is 0 Å². The van der Waals surface area contributed by atoms with Gasteiger partial charge >= 0.3 is 0 Å². The van der Waals surface area contributed by atoms with Crippen molar-refractivity contribution in [3.05, 3.63) is 0 Å². The maximum absolute atomic E-state index is 9.68. The van der Waals surface area contributed by atoms with E-state index in [1.807, 2.05) is 13.8 Å². The summed E-state index contributed by atoms with van der Waals surface area (Å²) in [7, 11) is 0. The number of hydrogen-bond acceptors (Lipinski definition) is 2. The third-order valence-corrected chi connectivity index (χ3v) is 4.66. The number of fused-ring (bicyclic) bond motifs is 2. The molecule has 4 atom stereocenters. The minimum absolute atomic E-state index is 0.494. The number of rotatable bonds is 6. The molecule has 0 aromatic heterocycles. The van der Waals surface area contributed by atoms with E-state index in [1.165, 1.54) is 32.1 Å². The molecule has 2 aliphatic rings. The predicted octanol–water partition coefficient (Wildman–Crippen LogP) is 3.09. The summed E-state index contributed by atoms with van der Waals surface area (Å²) in [5.41, 5.74) is -0.494. The smallest absolute Gasteiger partial charge is 0.0591 e. The number of hydrogen-bond donors (Lipinski definition) is 2. The molecule has 0 unspecified atom stereocenters. The number of nitrogens with one attached hydrogen (secondary N) is 1. The fourth-order valence-corrected chi connectivity index (χ4v) is 3.74. The second-order valence-electron chi connectivity index (χ2n) is 7.05. The second-order valence-corrected chi connectivity index (χ2v) is 7.05. The van der Waals surface area contributed by atoms with E-state index in [2.05, 4.69) is 12.2 Å². The van der Waals surface area contributed by atoms with Gasteiger partial charge in [-0.1, -0.05) is 6.42 Å². The molecule has 0 saturated heterocycles. The molecule has 0 radical (unpaired) electrons. The first-order valence-corrected chi connectivity index (χ1v) is 7.42. The molecule has 0 spiro atoms. The Balaban J connectivity index is 1.63. The van der Waals surface area contributed by atoms with Gasteiger partial charge < -0.3 is 10.4 Å². The molecule has 0 aromatic carbocycles. The zero-order chi connectivity index (χ0) is 12.5. The van der Waals surface area contributed by atoms with Gasteiger partial charge in [-0.15, -0.1) is 0 Å². The molecule has 2 fully saturated rings. The van der Waals surface area contributed by atoms with Gasteiger partial charge in [0.1, 0.15) is 0 Å². The highest BCUT2D eigenvalue weighted by Gasteiger charge is 2.39. The average Bonchev–Trinajstić information content (AvgIpc) is 2.76. The van der Waals surface area contributed by atoms with Crippen molar-refractivity contribution < 1.29 is 5.11 Å². The molecule has 100 valence electrons. The van der Waals surface area contributed by atoms with Crippen LogP contribution in [0.15, 0.2) is 0 Å². The lowest BCUT2D eigenvalue weighted by Gasteiger charge is -2.27. The Labute approximate surface area is 106 Å². The van der Waals surface area contributed by atoms with E-state index < -0.39 is 5.60 Å². The molecule has 2 rings (SSSR count). The maximum Gasteiger partial charge on any atom is 0.0591 e. The molecule has 0 aromatic rings. The second kappa shape index (κ2) is 5.27. The summed E-state index contributed by atoms with van der Waals surface area (Å²) < 4.78 is 0. The molecular weight excluding hydrogens is 210 g/mol. The molecule has 2 nitrogen and oxygen atoms in total. The van der Waals surface area contributed by atoms with Gasteiger partial charge in [-0.3, -0.25) is 0 Å². The van der Waals surface area contributed by atoms with Crippen molar-refractivity contribution in [2.45, 2.75) is 83.4 Å². The minimum Gasteiger partial charge on any atom is -0.390 e. The quantitative estimate of drug-likeness (QED) is 0.746. The zero-order valence-corrected chi connectivity index (χ0v) is 11.7. The van der Waals surface area contributed by atoms with Crippen molar-refractivity contribution in [1.29, 1.82) is 0 Å². The lowest BCUT2D eigenvalue weighted by Crippen LogP contribution is -2.40. The Kier molecular flexibility index (Phi) is 4.14. The van der Waals surface area contributed by atoms with E-state index >= 15 is 0 Å². The lowest BCUT2D eigenvalue weighted by atomic mass is 9.94. The Morgan fingerprint density at radius 3 is 2.59 bits per heavy atom. The van der Waals surface area contributed by atoms with E-state index in [9.17, 15) is 5.11 Å². The van der Waals surface area contributed by atoms with Crippen molar-refractivity contribution in [1.82, 2.24) is 5.32 Å². The van der Waals surface area contributed by atoms with Crippen LogP contribution in [0.4, 0.5) is 0 Å². The van der Waals surface area contributed by atoms with Crippen LogP contribution in [0.3, 0.4) is 0 Å². The van der Waals surface area contributed by atoms with Crippen LogP contribution in [0.2, 0.25) is 0 Å². The lowest BCUT2D eigenvalue weighted by molar-refractivity contribution is 0.0673. The van der Waals surface area contributed by atoms with Crippen molar-refractivity contribution in [2.24, 2.45) is 11.8 Å². The monoisotopic (exact) mass is 239 g/mol. The highest BCUT2D eigenvalue weighted by Crippen LogP contribution is 2.44. The van der Waals surface area contributed by atoms with Crippen molar-refractivity contribution in [3.63, 3.8) is 0 Å². The summed E-state index contributed by atoms with van der Waals surface area (Å²) in [4.78, 5) is 0. The largest absolute Gasteiger partial charge is 0.390 e. The van der Waals surface area contributed by atoms with Crippen LogP contribution in [0.25, 0.3) is 0 Å². The summed E-state index contributed by atoms with van der Waals surface area (Å²) in [5.74, 6) is 2.00. The average molecular weight is 239 g/mol. The van der Waals surface area contributed by atoms with Crippen LogP contribution in [0.1, 0.15) is 65.7 Å². The standard InChI is InChI=1S/C15H29NO/c1-11(5-4-8-15(2,3)17)16-14-10-12-6-7-13(14)9-12/h11-14,16-17H,4-10H2,1-3H3/t11-,12-,13-,14-/m1/s1. The summed E-state index contributed by atoms with van der Waals surface area (Å²) in [6, 6.07) is 1.41. The Bertz CT molecular complexity index is 246. The van der Waals surface area contributed by atoms with Gasteiger partial charge in [0, 0.05) is 12.1 Å². The molecule has 2 heteroatoms. The van der Waals surface area contributed by atoms with Crippen LogP contribution in [0.5, 0.6) is 0 Å². The van der Waals surface area contributed by atoms with Crippen LogP contribution < -0.4 is 5.32 Å². The van der Waals surface area contributed by atoms with Crippen molar-refractivity contribution in [3.8, 4) is 0 Å². The van der Waals surface area contributed by atoms with E-state index in [-0.39, 0.29) is 0 Å². The van der Waals surface area contributed by atoms with Crippen LogP contribution >= 0.6 is 0 Å². The third-order valence-electron chi connectivity index (χ3n) is 4.66. The normalized spacial score (nSPS) is 34.2. The molecule has 0 amide bonds. The summed E-state index contributed by atoms with van der Waals surface area (Å²) in [6.45, 7) is 6.11. The highest BCUT2D eigenvalue weighted by atomic mass is 16.3. The van der Waals surface area contributed by atoms with Crippen molar-refractivity contribution in [2.75, 3.05) is 0 Å². The Morgan fingerprint density at radius 2 is 2.06 bits per heavy atom. The van der Waals surface area contributed by atoms with E-state index in [0.29, 0.717) is 6.04 Å². The molecule has 0 heterocycles. The van der Waals surface area contributed by atoms with Crippen LogP contribution in [0, 0.1) is 11.8 Å². The summed E-state index contributed by atoms with van der Waals surface area (Å²) in [6.07, 6.45) is 9.06. The first-order valence-electron chi connectivity index (χ1n) is 7.42. The third kappa shape index (κ3) is 3.96. The van der Waals surface area contributed by atoms with Gasteiger partial charge in [-0.25, -0.2) is 0 Å². The predicted molar refractivity (Wildman–Crippen MR) is 72.0 cm³/mol. The van der Waals surface area contributed by atoms with Crippen molar-refractivity contribution >= 4 is 0 Å². The van der Waals surface area contributed by atoms with Gasteiger partial charge in [0.25, 0.3) is 0 Å². The summed E-state index contributed by atoms with van der Waals surface area (Å²) in [5, 5.41) is 13.5.